The van der Waals surface area contributed by atoms with E-state index < -0.39 is 35.6 Å². The number of esters is 1. The molecule has 0 fully saturated rings. The van der Waals surface area contributed by atoms with Crippen molar-refractivity contribution in [2.24, 2.45) is 0 Å². The molecule has 0 saturated carbocycles. The van der Waals surface area contributed by atoms with E-state index in [1.165, 1.54) is 6.07 Å². The van der Waals surface area contributed by atoms with Crippen LogP contribution in [0.4, 0.5) is 30.7 Å². The molecule has 0 amide bonds. The van der Waals surface area contributed by atoms with Crippen LogP contribution in [-0.2, 0) is 4.74 Å². The fraction of sp³-hybridized carbons (Fsp3) is 0.278. The number of carbonyl (C=O) groups excluding carboxylic acids is 1. The van der Waals surface area contributed by atoms with E-state index in [9.17, 15) is 35.5 Å². The standard InChI is InChI=1S/C18H13F7O3/c1-2-27-16(26)11-5-8-14(13(19)9-11)28-12-6-3-10(4-7-12)15(17(20,21)22)18(23,24)25/h3-9,15H,2H2,1H3. The van der Waals surface area contributed by atoms with Gasteiger partial charge in [0.1, 0.15) is 5.75 Å². The third kappa shape index (κ3) is 5.14. The summed E-state index contributed by atoms with van der Waals surface area (Å²) in [7, 11) is 0. The van der Waals surface area contributed by atoms with Gasteiger partial charge in [-0.3, -0.25) is 0 Å². The summed E-state index contributed by atoms with van der Waals surface area (Å²) in [5.74, 6) is -5.92. The van der Waals surface area contributed by atoms with E-state index in [0.717, 1.165) is 24.3 Å². The van der Waals surface area contributed by atoms with Crippen LogP contribution in [0.2, 0.25) is 0 Å². The first-order valence-electron chi connectivity index (χ1n) is 7.81. The van der Waals surface area contributed by atoms with E-state index in [-0.39, 0.29) is 23.7 Å². The molecule has 2 aromatic carbocycles. The molecule has 2 aromatic rings. The largest absolute Gasteiger partial charge is 0.462 e. The molecule has 0 N–H and O–H groups in total. The first-order valence-corrected chi connectivity index (χ1v) is 7.81. The number of hydrogen-bond acceptors (Lipinski definition) is 3. The first kappa shape index (κ1) is 21.5. The summed E-state index contributed by atoms with van der Waals surface area (Å²) in [6.07, 6.45) is -11.0. The van der Waals surface area contributed by atoms with Gasteiger partial charge in [-0.2, -0.15) is 26.3 Å². The Balaban J connectivity index is 2.22. The van der Waals surface area contributed by atoms with Crippen molar-refractivity contribution in [3.63, 3.8) is 0 Å². The summed E-state index contributed by atoms with van der Waals surface area (Å²) >= 11 is 0. The highest BCUT2D eigenvalue weighted by Gasteiger charge is 2.57. The van der Waals surface area contributed by atoms with Gasteiger partial charge in [-0.15, -0.1) is 0 Å². The summed E-state index contributed by atoms with van der Waals surface area (Å²) in [5.41, 5.74) is -1.11. The number of alkyl halides is 6. The van der Waals surface area contributed by atoms with Gasteiger partial charge in [-0.1, -0.05) is 12.1 Å². The zero-order chi connectivity index (χ0) is 21.1. The van der Waals surface area contributed by atoms with E-state index in [4.69, 9.17) is 9.47 Å². The van der Waals surface area contributed by atoms with Crippen molar-refractivity contribution in [1.82, 2.24) is 0 Å². The minimum absolute atomic E-state index is 0.0831. The summed E-state index contributed by atoms with van der Waals surface area (Å²) in [4.78, 5) is 11.5. The highest BCUT2D eigenvalue weighted by atomic mass is 19.4. The average molecular weight is 410 g/mol. The van der Waals surface area contributed by atoms with E-state index in [0.29, 0.717) is 12.1 Å². The summed E-state index contributed by atoms with van der Waals surface area (Å²) in [5, 5.41) is 0. The molecule has 0 atom stereocenters. The number of halogens is 7. The van der Waals surface area contributed by atoms with Crippen molar-refractivity contribution in [3.05, 3.63) is 59.4 Å². The van der Waals surface area contributed by atoms with E-state index in [1.54, 1.807) is 6.92 Å². The SMILES string of the molecule is CCOC(=O)c1ccc(Oc2ccc(C(C(F)(F)F)C(F)(F)F)cc2)c(F)c1. The minimum Gasteiger partial charge on any atom is -0.462 e. The smallest absolute Gasteiger partial charge is 0.404 e. The zero-order valence-corrected chi connectivity index (χ0v) is 14.2. The van der Waals surface area contributed by atoms with Crippen LogP contribution in [0.3, 0.4) is 0 Å². The van der Waals surface area contributed by atoms with Gasteiger partial charge in [0.15, 0.2) is 17.5 Å². The van der Waals surface area contributed by atoms with Crippen LogP contribution in [0.5, 0.6) is 11.5 Å². The molecule has 0 saturated heterocycles. The molecule has 2 rings (SSSR count). The molecule has 0 aliphatic carbocycles. The Morgan fingerprint density at radius 3 is 2.00 bits per heavy atom. The molecule has 0 radical (unpaired) electrons. The van der Waals surface area contributed by atoms with Crippen LogP contribution >= 0.6 is 0 Å². The Bertz CT molecular complexity index is 813. The lowest BCUT2D eigenvalue weighted by Gasteiger charge is -2.23. The second-order valence-electron chi connectivity index (χ2n) is 5.55. The van der Waals surface area contributed by atoms with Gasteiger partial charge in [-0.25, -0.2) is 9.18 Å². The number of carbonyl (C=O) groups is 1. The minimum atomic E-state index is -5.52. The molecule has 10 heteroatoms. The summed E-state index contributed by atoms with van der Waals surface area (Å²) < 4.78 is 100. The normalized spacial score (nSPS) is 12.2. The quantitative estimate of drug-likeness (QED) is 0.448. The maximum absolute atomic E-state index is 14.0. The van der Waals surface area contributed by atoms with E-state index >= 15 is 0 Å². The van der Waals surface area contributed by atoms with Crippen molar-refractivity contribution >= 4 is 5.97 Å². The number of ether oxygens (including phenoxy) is 2. The average Bonchev–Trinajstić information content (AvgIpc) is 2.56. The monoisotopic (exact) mass is 410 g/mol. The first-order chi connectivity index (χ1) is 12.9. The van der Waals surface area contributed by atoms with Gasteiger partial charge in [-0.05, 0) is 42.8 Å². The van der Waals surface area contributed by atoms with Crippen LogP contribution < -0.4 is 4.74 Å². The molecule has 0 spiro atoms. The summed E-state index contributed by atoms with van der Waals surface area (Å²) in [6, 6.07) is 6.05. The van der Waals surface area contributed by atoms with Crippen LogP contribution in [0.25, 0.3) is 0 Å². The van der Waals surface area contributed by atoms with Gasteiger partial charge >= 0.3 is 18.3 Å². The second kappa shape index (κ2) is 8.07. The number of rotatable bonds is 5. The predicted octanol–water partition coefficient (Wildman–Crippen LogP) is 6.00. The lowest BCUT2D eigenvalue weighted by atomic mass is 9.98. The van der Waals surface area contributed by atoms with Gasteiger partial charge in [0, 0.05) is 0 Å². The van der Waals surface area contributed by atoms with Crippen molar-refractivity contribution in [2.45, 2.75) is 25.2 Å². The predicted molar refractivity (Wildman–Crippen MR) is 83.7 cm³/mol. The molecule has 152 valence electrons. The number of benzene rings is 2. The highest BCUT2D eigenvalue weighted by molar-refractivity contribution is 5.89. The molecule has 3 nitrogen and oxygen atoms in total. The third-order valence-electron chi connectivity index (χ3n) is 3.54. The molecule has 28 heavy (non-hydrogen) atoms. The van der Waals surface area contributed by atoms with Gasteiger partial charge in [0.2, 0.25) is 0 Å². The van der Waals surface area contributed by atoms with Crippen LogP contribution in [-0.4, -0.2) is 24.9 Å². The van der Waals surface area contributed by atoms with Gasteiger partial charge in [0.05, 0.1) is 12.2 Å². The Morgan fingerprint density at radius 1 is 0.964 bits per heavy atom. The Kier molecular flexibility index (Phi) is 6.20. The van der Waals surface area contributed by atoms with Crippen LogP contribution in [0.15, 0.2) is 42.5 Å². The zero-order valence-electron chi connectivity index (χ0n) is 14.2. The summed E-state index contributed by atoms with van der Waals surface area (Å²) in [6.45, 7) is 1.65. The fourth-order valence-corrected chi connectivity index (χ4v) is 2.34. The van der Waals surface area contributed by atoms with Crippen molar-refractivity contribution in [3.8, 4) is 11.5 Å². The molecule has 0 aliphatic rings. The maximum Gasteiger partial charge on any atom is 0.404 e. The van der Waals surface area contributed by atoms with E-state index in [2.05, 4.69) is 0 Å². The van der Waals surface area contributed by atoms with Crippen molar-refractivity contribution in [1.29, 1.82) is 0 Å². The van der Waals surface area contributed by atoms with Crippen LogP contribution in [0.1, 0.15) is 28.8 Å². The molecular weight excluding hydrogens is 397 g/mol. The number of hydrogen-bond donors (Lipinski definition) is 0. The molecule has 0 unspecified atom stereocenters. The van der Waals surface area contributed by atoms with Gasteiger partial charge < -0.3 is 9.47 Å². The molecule has 0 aromatic heterocycles. The molecule has 0 heterocycles. The van der Waals surface area contributed by atoms with Crippen molar-refractivity contribution < 1.29 is 45.0 Å². The van der Waals surface area contributed by atoms with Gasteiger partial charge in [0.25, 0.3) is 0 Å². The Morgan fingerprint density at radius 2 is 1.54 bits per heavy atom. The third-order valence-corrected chi connectivity index (χ3v) is 3.54. The molecular formula is C18H13F7O3. The topological polar surface area (TPSA) is 35.5 Å². The lowest BCUT2D eigenvalue weighted by Crippen LogP contribution is -2.34. The lowest BCUT2D eigenvalue weighted by molar-refractivity contribution is -0.253. The van der Waals surface area contributed by atoms with Crippen molar-refractivity contribution in [2.75, 3.05) is 6.61 Å². The van der Waals surface area contributed by atoms with Crippen LogP contribution in [0, 0.1) is 5.82 Å². The maximum atomic E-state index is 14.0. The molecule has 0 bridgehead atoms. The highest BCUT2D eigenvalue weighted by Crippen LogP contribution is 2.46. The Hall–Kier alpha value is -2.78. The second-order valence-corrected chi connectivity index (χ2v) is 5.55. The van der Waals surface area contributed by atoms with E-state index in [1.807, 2.05) is 0 Å². The fourth-order valence-electron chi connectivity index (χ4n) is 2.34. The molecule has 0 aliphatic heterocycles. The Labute approximate surface area is 154 Å².